The molecule has 4 heteroatoms. The fourth-order valence-electron chi connectivity index (χ4n) is 1.99. The van der Waals surface area contributed by atoms with Crippen molar-refractivity contribution in [3.8, 4) is 11.4 Å². The number of anilines is 1. The minimum absolute atomic E-state index is 0.719. The summed E-state index contributed by atoms with van der Waals surface area (Å²) in [6, 6.07) is 9.87. The molecule has 0 bridgehead atoms. The lowest BCUT2D eigenvalue weighted by molar-refractivity contribution is 1.22. The molecule has 0 unspecified atom stereocenters. The molecule has 3 aromatic rings. The zero-order valence-corrected chi connectivity index (χ0v) is 10.4. The van der Waals surface area contributed by atoms with E-state index >= 15 is 0 Å². The van der Waals surface area contributed by atoms with E-state index in [4.69, 9.17) is 5.73 Å². The molecule has 3 rings (SSSR count). The van der Waals surface area contributed by atoms with Crippen molar-refractivity contribution in [1.29, 1.82) is 0 Å². The first-order valence-corrected chi connectivity index (χ1v) is 5.83. The second-order valence-corrected chi connectivity index (χ2v) is 4.50. The normalized spacial score (nSPS) is 11.0. The van der Waals surface area contributed by atoms with Crippen LogP contribution in [-0.2, 0) is 0 Å². The molecule has 90 valence electrons. The molecule has 0 radical (unpaired) electrons. The largest absolute Gasteiger partial charge is 0.398 e. The van der Waals surface area contributed by atoms with Gasteiger partial charge in [0.2, 0.25) is 0 Å². The number of benzene rings is 1. The first kappa shape index (κ1) is 10.8. The van der Waals surface area contributed by atoms with Crippen LogP contribution >= 0.6 is 0 Å². The van der Waals surface area contributed by atoms with Gasteiger partial charge in [-0.1, -0.05) is 11.6 Å². The molecule has 1 aromatic carbocycles. The average molecular weight is 238 g/mol. The number of H-pyrrole nitrogens is 1. The van der Waals surface area contributed by atoms with Crippen LogP contribution in [0.5, 0.6) is 0 Å². The molecule has 0 atom stereocenters. The number of aromatic amines is 1. The van der Waals surface area contributed by atoms with Gasteiger partial charge in [-0.05, 0) is 38.1 Å². The molecular weight excluding hydrogens is 224 g/mol. The van der Waals surface area contributed by atoms with Crippen molar-refractivity contribution in [2.45, 2.75) is 13.8 Å². The van der Waals surface area contributed by atoms with Gasteiger partial charge in [-0.3, -0.25) is 0 Å². The summed E-state index contributed by atoms with van der Waals surface area (Å²) in [4.78, 5) is 12.1. The molecule has 0 spiro atoms. The number of nitrogen functional groups attached to an aromatic ring is 1. The van der Waals surface area contributed by atoms with E-state index in [0.29, 0.717) is 0 Å². The minimum Gasteiger partial charge on any atom is -0.398 e. The predicted octanol–water partition coefficient (Wildman–Crippen LogP) is 2.82. The Morgan fingerprint density at radius 2 is 1.89 bits per heavy atom. The van der Waals surface area contributed by atoms with E-state index in [1.807, 2.05) is 44.2 Å². The molecule has 18 heavy (non-hydrogen) atoms. The zero-order chi connectivity index (χ0) is 12.7. The van der Waals surface area contributed by atoms with Crippen molar-refractivity contribution < 1.29 is 0 Å². The Labute approximate surface area is 105 Å². The van der Waals surface area contributed by atoms with Crippen molar-refractivity contribution >= 4 is 16.9 Å². The lowest BCUT2D eigenvalue weighted by Gasteiger charge is -2.03. The molecule has 4 nitrogen and oxygen atoms in total. The van der Waals surface area contributed by atoms with Crippen molar-refractivity contribution in [3.63, 3.8) is 0 Å². The number of aryl methyl sites for hydroxylation is 2. The van der Waals surface area contributed by atoms with Crippen molar-refractivity contribution in [2.24, 2.45) is 0 Å². The zero-order valence-electron chi connectivity index (χ0n) is 10.4. The highest BCUT2D eigenvalue weighted by molar-refractivity contribution is 5.80. The Hall–Kier alpha value is -2.36. The number of pyridine rings is 1. The highest BCUT2D eigenvalue weighted by atomic mass is 15.0. The summed E-state index contributed by atoms with van der Waals surface area (Å²) in [5, 5.41) is 0. The van der Waals surface area contributed by atoms with Gasteiger partial charge >= 0.3 is 0 Å². The molecule has 2 aromatic heterocycles. The van der Waals surface area contributed by atoms with Crippen molar-refractivity contribution in [3.05, 3.63) is 41.6 Å². The fourth-order valence-corrected chi connectivity index (χ4v) is 1.99. The Balaban J connectivity index is 2.22. The lowest BCUT2D eigenvalue weighted by Crippen LogP contribution is -1.91. The summed E-state index contributed by atoms with van der Waals surface area (Å²) in [5.74, 6) is 0.768. The highest BCUT2D eigenvalue weighted by Gasteiger charge is 2.09. The number of nitrogens with one attached hydrogen (secondary N) is 1. The van der Waals surface area contributed by atoms with Crippen LogP contribution in [-0.4, -0.2) is 15.0 Å². The van der Waals surface area contributed by atoms with Gasteiger partial charge in [-0.2, -0.15) is 0 Å². The van der Waals surface area contributed by atoms with Crippen LogP contribution in [0.2, 0.25) is 0 Å². The highest BCUT2D eigenvalue weighted by Crippen LogP contribution is 2.26. The first-order valence-electron chi connectivity index (χ1n) is 5.83. The van der Waals surface area contributed by atoms with Crippen molar-refractivity contribution in [2.75, 3.05) is 5.73 Å². The van der Waals surface area contributed by atoms with E-state index in [0.717, 1.165) is 39.5 Å². The maximum absolute atomic E-state index is 5.99. The van der Waals surface area contributed by atoms with Gasteiger partial charge in [0.25, 0.3) is 0 Å². The fraction of sp³-hybridized carbons (Fsp3) is 0.143. The van der Waals surface area contributed by atoms with Crippen LogP contribution in [0.3, 0.4) is 0 Å². The van der Waals surface area contributed by atoms with E-state index in [9.17, 15) is 0 Å². The molecule has 0 saturated heterocycles. The second kappa shape index (κ2) is 3.84. The molecule has 3 N–H and O–H groups in total. The van der Waals surface area contributed by atoms with Crippen LogP contribution in [0.25, 0.3) is 22.6 Å². The number of aromatic nitrogens is 3. The Morgan fingerprint density at radius 3 is 2.72 bits per heavy atom. The minimum atomic E-state index is 0.719. The van der Waals surface area contributed by atoms with Gasteiger partial charge in [-0.25, -0.2) is 9.97 Å². The number of nitrogens with two attached hydrogens (primary N) is 1. The van der Waals surface area contributed by atoms with E-state index in [1.165, 1.54) is 0 Å². The van der Waals surface area contributed by atoms with E-state index in [2.05, 4.69) is 15.0 Å². The summed E-state index contributed by atoms with van der Waals surface area (Å²) in [7, 11) is 0. The van der Waals surface area contributed by atoms with Crippen LogP contribution in [0.1, 0.15) is 11.3 Å². The molecule has 0 amide bonds. The molecular formula is C14H14N4. The molecule has 0 saturated carbocycles. The Bertz CT molecular complexity index is 728. The quantitative estimate of drug-likeness (QED) is 0.640. The topological polar surface area (TPSA) is 67.6 Å². The van der Waals surface area contributed by atoms with E-state index in [1.54, 1.807) is 0 Å². The van der Waals surface area contributed by atoms with E-state index in [-0.39, 0.29) is 0 Å². The second-order valence-electron chi connectivity index (χ2n) is 4.50. The van der Waals surface area contributed by atoms with Gasteiger partial charge in [0.05, 0.1) is 5.52 Å². The third kappa shape index (κ3) is 1.72. The number of rotatable bonds is 1. The molecule has 0 aliphatic carbocycles. The number of hydrogen-bond acceptors (Lipinski definition) is 3. The maximum atomic E-state index is 5.99. The summed E-state index contributed by atoms with van der Waals surface area (Å²) in [5.41, 5.74) is 11.4. The Morgan fingerprint density at radius 1 is 1.06 bits per heavy atom. The van der Waals surface area contributed by atoms with Gasteiger partial charge in [0.1, 0.15) is 5.82 Å². The molecule has 0 aliphatic rings. The monoisotopic (exact) mass is 238 g/mol. The SMILES string of the molecule is Cc1ccc(N)c(-c2nc3nc(C)ccc3[nH]2)c1. The summed E-state index contributed by atoms with van der Waals surface area (Å²) in [6.07, 6.45) is 0. The van der Waals surface area contributed by atoms with Gasteiger partial charge in [-0.15, -0.1) is 0 Å². The predicted molar refractivity (Wildman–Crippen MR) is 73.2 cm³/mol. The van der Waals surface area contributed by atoms with Gasteiger partial charge in [0, 0.05) is 16.9 Å². The Kier molecular flexibility index (Phi) is 2.30. The van der Waals surface area contributed by atoms with Crippen LogP contribution in [0.15, 0.2) is 30.3 Å². The van der Waals surface area contributed by atoms with Crippen LogP contribution < -0.4 is 5.73 Å². The molecule has 2 heterocycles. The van der Waals surface area contributed by atoms with Gasteiger partial charge < -0.3 is 10.7 Å². The maximum Gasteiger partial charge on any atom is 0.178 e. The summed E-state index contributed by atoms with van der Waals surface area (Å²) >= 11 is 0. The summed E-state index contributed by atoms with van der Waals surface area (Å²) in [6.45, 7) is 3.99. The molecule has 0 fully saturated rings. The smallest absolute Gasteiger partial charge is 0.178 e. The number of hydrogen-bond donors (Lipinski definition) is 2. The third-order valence-electron chi connectivity index (χ3n) is 2.95. The third-order valence-corrected chi connectivity index (χ3v) is 2.95. The first-order chi connectivity index (χ1) is 8.63. The van der Waals surface area contributed by atoms with Crippen LogP contribution in [0, 0.1) is 13.8 Å². The van der Waals surface area contributed by atoms with Crippen molar-refractivity contribution in [1.82, 2.24) is 15.0 Å². The number of fused-ring (bicyclic) bond motifs is 1. The van der Waals surface area contributed by atoms with Gasteiger partial charge in [0.15, 0.2) is 5.65 Å². The van der Waals surface area contributed by atoms with Crippen LogP contribution in [0.4, 0.5) is 5.69 Å². The summed E-state index contributed by atoms with van der Waals surface area (Å²) < 4.78 is 0. The average Bonchev–Trinajstić information content (AvgIpc) is 2.74. The number of nitrogens with zero attached hydrogens (tertiary/aromatic N) is 2. The molecule has 0 aliphatic heterocycles. The standard InChI is InChI=1S/C14H14N4/c1-8-3-5-11(15)10(7-8)13-17-12-6-4-9(2)16-14(12)18-13/h3-7H,15H2,1-2H3,(H,16,17,18). The van der Waals surface area contributed by atoms with E-state index < -0.39 is 0 Å². The lowest BCUT2D eigenvalue weighted by atomic mass is 10.1. The number of imidazole rings is 1.